The Labute approximate surface area is 104 Å². The number of ether oxygens (including phenoxy) is 1. The number of carbonyl (C=O) groups is 1. The number of benzene rings is 1. The summed E-state index contributed by atoms with van der Waals surface area (Å²) in [4.78, 5) is 11.2. The van der Waals surface area contributed by atoms with E-state index < -0.39 is 0 Å². The van der Waals surface area contributed by atoms with Crippen molar-refractivity contribution in [1.29, 1.82) is 0 Å². The van der Waals surface area contributed by atoms with Crippen molar-refractivity contribution in [3.63, 3.8) is 0 Å². The lowest BCUT2D eigenvalue weighted by Crippen LogP contribution is -2.28. The van der Waals surface area contributed by atoms with Gasteiger partial charge in [0.1, 0.15) is 5.75 Å². The highest BCUT2D eigenvalue weighted by Crippen LogP contribution is 2.23. The van der Waals surface area contributed by atoms with Crippen LogP contribution >= 0.6 is 23.2 Å². The zero-order valence-electron chi connectivity index (χ0n) is 8.50. The zero-order valence-corrected chi connectivity index (χ0v) is 10.0. The Bertz CT molecular complexity index is 373. The second kappa shape index (κ2) is 6.40. The van der Waals surface area contributed by atoms with Gasteiger partial charge in [-0.15, -0.1) is 6.58 Å². The molecule has 0 aliphatic rings. The topological polar surface area (TPSA) is 38.3 Å². The van der Waals surface area contributed by atoms with Gasteiger partial charge in [-0.25, -0.2) is 0 Å². The molecule has 0 saturated heterocycles. The molecule has 3 nitrogen and oxygen atoms in total. The maximum absolute atomic E-state index is 11.2. The third kappa shape index (κ3) is 4.55. The van der Waals surface area contributed by atoms with Gasteiger partial charge in [0.25, 0.3) is 5.91 Å². The van der Waals surface area contributed by atoms with Gasteiger partial charge < -0.3 is 10.1 Å². The molecule has 1 N–H and O–H groups in total. The van der Waals surface area contributed by atoms with Crippen LogP contribution in [-0.4, -0.2) is 19.1 Å². The smallest absolute Gasteiger partial charge is 0.258 e. The molecule has 0 fully saturated rings. The Morgan fingerprint density at radius 1 is 1.38 bits per heavy atom. The van der Waals surface area contributed by atoms with Crippen molar-refractivity contribution in [3.05, 3.63) is 40.9 Å². The minimum atomic E-state index is -0.226. The molecule has 0 aliphatic heterocycles. The van der Waals surface area contributed by atoms with E-state index in [9.17, 15) is 4.79 Å². The van der Waals surface area contributed by atoms with E-state index in [4.69, 9.17) is 27.9 Å². The molecule has 0 radical (unpaired) electrons. The summed E-state index contributed by atoms with van der Waals surface area (Å²) >= 11 is 11.5. The summed E-state index contributed by atoms with van der Waals surface area (Å²) in [6.45, 7) is 3.82. The van der Waals surface area contributed by atoms with Crippen molar-refractivity contribution in [1.82, 2.24) is 5.32 Å². The summed E-state index contributed by atoms with van der Waals surface area (Å²) in [6, 6.07) is 4.77. The predicted octanol–water partition coefficient (Wildman–Crippen LogP) is 2.67. The Morgan fingerprint density at radius 2 is 2.00 bits per heavy atom. The molecule has 0 atom stereocenters. The molecule has 1 amide bonds. The molecule has 16 heavy (non-hydrogen) atoms. The molecule has 0 saturated carbocycles. The summed E-state index contributed by atoms with van der Waals surface area (Å²) in [7, 11) is 0. The van der Waals surface area contributed by atoms with Gasteiger partial charge in [0, 0.05) is 16.6 Å². The first kappa shape index (κ1) is 12.9. The second-order valence-electron chi connectivity index (χ2n) is 2.99. The van der Waals surface area contributed by atoms with Crippen LogP contribution in [0, 0.1) is 0 Å². The van der Waals surface area contributed by atoms with Crippen LogP contribution in [0.15, 0.2) is 30.9 Å². The van der Waals surface area contributed by atoms with E-state index in [0.717, 1.165) is 0 Å². The first-order valence-corrected chi connectivity index (χ1v) is 5.34. The van der Waals surface area contributed by atoms with Gasteiger partial charge in [-0.1, -0.05) is 29.3 Å². The maximum atomic E-state index is 11.2. The fourth-order valence-corrected chi connectivity index (χ4v) is 1.50. The van der Waals surface area contributed by atoms with Gasteiger partial charge >= 0.3 is 0 Å². The maximum Gasteiger partial charge on any atom is 0.258 e. The number of amides is 1. The summed E-state index contributed by atoms with van der Waals surface area (Å²) in [5.74, 6) is 0.238. The summed E-state index contributed by atoms with van der Waals surface area (Å²) < 4.78 is 5.21. The Morgan fingerprint density at radius 3 is 2.56 bits per heavy atom. The fraction of sp³-hybridized carbons (Fsp3) is 0.182. The standard InChI is InChI=1S/C11H11Cl2NO2/c1-2-3-14-11(15)7-16-10-5-8(12)4-9(13)6-10/h2,4-6H,1,3,7H2,(H,14,15). The van der Waals surface area contributed by atoms with Gasteiger partial charge in [0.15, 0.2) is 6.61 Å². The van der Waals surface area contributed by atoms with Crippen LogP contribution in [0.5, 0.6) is 5.75 Å². The highest BCUT2D eigenvalue weighted by Gasteiger charge is 2.03. The molecule has 0 unspecified atom stereocenters. The lowest BCUT2D eigenvalue weighted by Gasteiger charge is -2.06. The molecule has 1 rings (SSSR count). The molecule has 1 aromatic rings. The molecule has 5 heteroatoms. The van der Waals surface area contributed by atoms with Gasteiger partial charge in [0.2, 0.25) is 0 Å². The second-order valence-corrected chi connectivity index (χ2v) is 3.86. The first-order valence-electron chi connectivity index (χ1n) is 4.58. The summed E-state index contributed by atoms with van der Waals surface area (Å²) in [6.07, 6.45) is 1.59. The van der Waals surface area contributed by atoms with Gasteiger partial charge in [-0.05, 0) is 18.2 Å². The Kier molecular flexibility index (Phi) is 5.15. The largest absolute Gasteiger partial charge is 0.484 e. The van der Waals surface area contributed by atoms with E-state index in [1.54, 1.807) is 24.3 Å². The van der Waals surface area contributed by atoms with E-state index in [2.05, 4.69) is 11.9 Å². The van der Waals surface area contributed by atoms with Crippen molar-refractivity contribution in [2.24, 2.45) is 0 Å². The van der Waals surface area contributed by atoms with Crippen LogP contribution in [-0.2, 0) is 4.79 Å². The minimum Gasteiger partial charge on any atom is -0.484 e. The van der Waals surface area contributed by atoms with Crippen molar-refractivity contribution < 1.29 is 9.53 Å². The van der Waals surface area contributed by atoms with Crippen molar-refractivity contribution in [3.8, 4) is 5.75 Å². The third-order valence-corrected chi connectivity index (χ3v) is 2.09. The fourth-order valence-electron chi connectivity index (χ4n) is 0.998. The number of rotatable bonds is 5. The van der Waals surface area contributed by atoms with Crippen LogP contribution in [0.4, 0.5) is 0 Å². The molecule has 0 aromatic heterocycles. The predicted molar refractivity (Wildman–Crippen MR) is 65.2 cm³/mol. The molecule has 1 aromatic carbocycles. The molecule has 0 spiro atoms. The average molecular weight is 260 g/mol. The highest BCUT2D eigenvalue weighted by molar-refractivity contribution is 6.34. The van der Waals surface area contributed by atoms with Gasteiger partial charge in [-0.2, -0.15) is 0 Å². The quantitative estimate of drug-likeness (QED) is 0.826. The molecular formula is C11H11Cl2NO2. The van der Waals surface area contributed by atoms with Crippen molar-refractivity contribution >= 4 is 29.1 Å². The third-order valence-electron chi connectivity index (χ3n) is 1.65. The van der Waals surface area contributed by atoms with Crippen LogP contribution in [0.25, 0.3) is 0 Å². The van der Waals surface area contributed by atoms with Crippen LogP contribution in [0.2, 0.25) is 10.0 Å². The van der Waals surface area contributed by atoms with Crippen LogP contribution < -0.4 is 10.1 Å². The normalized spacial score (nSPS) is 9.62. The van der Waals surface area contributed by atoms with E-state index in [1.807, 2.05) is 0 Å². The number of carbonyl (C=O) groups excluding carboxylic acids is 1. The molecule has 0 aliphatic carbocycles. The summed E-state index contributed by atoms with van der Waals surface area (Å²) in [5.41, 5.74) is 0. The van der Waals surface area contributed by atoms with Crippen molar-refractivity contribution in [2.75, 3.05) is 13.2 Å². The Hall–Kier alpha value is -1.19. The van der Waals surface area contributed by atoms with E-state index in [-0.39, 0.29) is 12.5 Å². The number of nitrogens with one attached hydrogen (secondary N) is 1. The molecule has 0 heterocycles. The lowest BCUT2D eigenvalue weighted by molar-refractivity contribution is -0.122. The minimum absolute atomic E-state index is 0.0789. The molecule has 86 valence electrons. The number of hydrogen-bond donors (Lipinski definition) is 1. The van der Waals surface area contributed by atoms with Gasteiger partial charge in [0.05, 0.1) is 0 Å². The van der Waals surface area contributed by atoms with E-state index in [1.165, 1.54) is 0 Å². The first-order chi connectivity index (χ1) is 7.61. The van der Waals surface area contributed by atoms with E-state index in [0.29, 0.717) is 22.3 Å². The monoisotopic (exact) mass is 259 g/mol. The number of halogens is 2. The SMILES string of the molecule is C=CCNC(=O)COc1cc(Cl)cc(Cl)c1. The highest BCUT2D eigenvalue weighted by atomic mass is 35.5. The van der Waals surface area contributed by atoms with Crippen LogP contribution in [0.1, 0.15) is 0 Å². The van der Waals surface area contributed by atoms with Gasteiger partial charge in [-0.3, -0.25) is 4.79 Å². The van der Waals surface area contributed by atoms with Crippen LogP contribution in [0.3, 0.4) is 0 Å². The molecule has 0 bridgehead atoms. The number of hydrogen-bond acceptors (Lipinski definition) is 2. The van der Waals surface area contributed by atoms with Crippen molar-refractivity contribution in [2.45, 2.75) is 0 Å². The zero-order chi connectivity index (χ0) is 12.0. The van der Waals surface area contributed by atoms with E-state index >= 15 is 0 Å². The lowest BCUT2D eigenvalue weighted by atomic mass is 10.3. The summed E-state index contributed by atoms with van der Waals surface area (Å²) in [5, 5.41) is 3.52. The Balaban J connectivity index is 2.47. The molecular weight excluding hydrogens is 249 g/mol. The average Bonchev–Trinajstić information content (AvgIpc) is 2.22.